The quantitative estimate of drug-likeness (QED) is 0.759. The van der Waals surface area contributed by atoms with E-state index in [9.17, 15) is 4.79 Å². The summed E-state index contributed by atoms with van der Waals surface area (Å²) in [5, 5.41) is 3.09. The van der Waals surface area contributed by atoms with Gasteiger partial charge in [0, 0.05) is 26.2 Å². The third kappa shape index (κ3) is 3.93. The minimum atomic E-state index is -0.617. The smallest absolute Gasteiger partial charge is 0.240 e. The second kappa shape index (κ2) is 7.38. The Hall–Kier alpha value is -0.650. The minimum absolute atomic E-state index is 0.0517. The number of nitrogens with zero attached hydrogens (tertiary/aromatic N) is 1. The zero-order valence-electron chi connectivity index (χ0n) is 12.7. The molecule has 3 N–H and O–H groups in total. The van der Waals surface area contributed by atoms with Gasteiger partial charge in [0.1, 0.15) is 0 Å². The SMILES string of the molecule is COCCN1CCCC1CNC(=O)C1(N)CCCCC1. The maximum Gasteiger partial charge on any atom is 0.240 e. The fourth-order valence-electron chi connectivity index (χ4n) is 3.43. The molecule has 116 valence electrons. The van der Waals surface area contributed by atoms with Gasteiger partial charge in [-0.3, -0.25) is 9.69 Å². The van der Waals surface area contributed by atoms with Crippen LogP contribution in [0.5, 0.6) is 0 Å². The predicted molar refractivity (Wildman–Crippen MR) is 79.5 cm³/mol. The number of ether oxygens (including phenoxy) is 1. The van der Waals surface area contributed by atoms with Gasteiger partial charge in [-0.1, -0.05) is 19.3 Å². The zero-order chi connectivity index (χ0) is 14.4. The topological polar surface area (TPSA) is 67.6 Å². The molecule has 1 atom stereocenters. The molecule has 1 saturated heterocycles. The van der Waals surface area contributed by atoms with Gasteiger partial charge >= 0.3 is 0 Å². The molecule has 0 aromatic heterocycles. The highest BCUT2D eigenvalue weighted by atomic mass is 16.5. The summed E-state index contributed by atoms with van der Waals surface area (Å²) in [5.41, 5.74) is 5.64. The monoisotopic (exact) mass is 283 g/mol. The zero-order valence-corrected chi connectivity index (χ0v) is 12.7. The van der Waals surface area contributed by atoms with Crippen LogP contribution in [0.15, 0.2) is 0 Å². The van der Waals surface area contributed by atoms with Gasteiger partial charge in [-0.2, -0.15) is 0 Å². The van der Waals surface area contributed by atoms with Crippen LogP contribution in [0, 0.1) is 0 Å². The lowest BCUT2D eigenvalue weighted by Crippen LogP contribution is -2.56. The van der Waals surface area contributed by atoms with Gasteiger partial charge in [-0.05, 0) is 32.2 Å². The van der Waals surface area contributed by atoms with Gasteiger partial charge in [0.05, 0.1) is 12.1 Å². The average Bonchev–Trinajstić information content (AvgIpc) is 2.90. The predicted octanol–water partition coefficient (Wildman–Crippen LogP) is 0.875. The van der Waals surface area contributed by atoms with Crippen molar-refractivity contribution in [3.8, 4) is 0 Å². The molecule has 0 aromatic carbocycles. The fourth-order valence-corrected chi connectivity index (χ4v) is 3.43. The molecule has 0 bridgehead atoms. The summed E-state index contributed by atoms with van der Waals surface area (Å²) < 4.78 is 5.14. The Bertz CT molecular complexity index is 316. The average molecular weight is 283 g/mol. The molecule has 1 amide bonds. The van der Waals surface area contributed by atoms with Gasteiger partial charge < -0.3 is 15.8 Å². The largest absolute Gasteiger partial charge is 0.383 e. The molecular formula is C15H29N3O2. The molecule has 0 spiro atoms. The van der Waals surface area contributed by atoms with E-state index in [1.54, 1.807) is 7.11 Å². The van der Waals surface area contributed by atoms with Crippen LogP contribution in [-0.4, -0.2) is 55.7 Å². The van der Waals surface area contributed by atoms with E-state index in [-0.39, 0.29) is 5.91 Å². The van der Waals surface area contributed by atoms with E-state index in [0.717, 1.165) is 58.3 Å². The summed E-state index contributed by atoms with van der Waals surface area (Å²) in [7, 11) is 1.73. The number of methoxy groups -OCH3 is 1. The number of carbonyl (C=O) groups excluding carboxylic acids is 1. The van der Waals surface area contributed by atoms with Gasteiger partial charge in [0.2, 0.25) is 5.91 Å². The maximum atomic E-state index is 12.3. The molecule has 1 aliphatic carbocycles. The van der Waals surface area contributed by atoms with Gasteiger partial charge in [0.15, 0.2) is 0 Å². The highest BCUT2D eigenvalue weighted by molar-refractivity contribution is 5.86. The summed E-state index contributed by atoms with van der Waals surface area (Å²) in [6.07, 6.45) is 7.38. The lowest BCUT2D eigenvalue weighted by atomic mass is 9.82. The molecule has 5 heteroatoms. The Morgan fingerprint density at radius 2 is 2.10 bits per heavy atom. The molecule has 1 heterocycles. The maximum absolute atomic E-state index is 12.3. The van der Waals surface area contributed by atoms with Crippen molar-refractivity contribution >= 4 is 5.91 Å². The van der Waals surface area contributed by atoms with Gasteiger partial charge in [-0.25, -0.2) is 0 Å². The first kappa shape index (κ1) is 15.7. The van der Waals surface area contributed by atoms with Gasteiger partial charge in [-0.15, -0.1) is 0 Å². The Morgan fingerprint density at radius 1 is 1.35 bits per heavy atom. The van der Waals surface area contributed by atoms with E-state index in [4.69, 9.17) is 10.5 Å². The van der Waals surface area contributed by atoms with Crippen molar-refractivity contribution in [3.05, 3.63) is 0 Å². The first-order chi connectivity index (χ1) is 9.65. The Kier molecular flexibility index (Phi) is 5.81. The normalized spacial score (nSPS) is 26.6. The summed E-state index contributed by atoms with van der Waals surface area (Å²) in [5.74, 6) is 0.0517. The number of amides is 1. The number of hydrogen-bond acceptors (Lipinski definition) is 4. The van der Waals surface area contributed by atoms with E-state index in [1.807, 2.05) is 0 Å². The molecule has 2 aliphatic rings. The Labute approximate surface area is 122 Å². The van der Waals surface area contributed by atoms with Crippen LogP contribution >= 0.6 is 0 Å². The van der Waals surface area contributed by atoms with Crippen LogP contribution in [0.25, 0.3) is 0 Å². The van der Waals surface area contributed by atoms with E-state index < -0.39 is 5.54 Å². The highest BCUT2D eigenvalue weighted by Crippen LogP contribution is 2.26. The van der Waals surface area contributed by atoms with Crippen molar-refractivity contribution in [2.75, 3.05) is 33.4 Å². The van der Waals surface area contributed by atoms with Crippen molar-refractivity contribution in [2.24, 2.45) is 5.73 Å². The lowest BCUT2D eigenvalue weighted by Gasteiger charge is -2.33. The number of hydrogen-bond donors (Lipinski definition) is 2. The first-order valence-corrected chi connectivity index (χ1v) is 7.96. The fraction of sp³-hybridized carbons (Fsp3) is 0.933. The first-order valence-electron chi connectivity index (χ1n) is 7.96. The Balaban J connectivity index is 1.77. The Morgan fingerprint density at radius 3 is 2.80 bits per heavy atom. The van der Waals surface area contributed by atoms with E-state index in [2.05, 4.69) is 10.2 Å². The van der Waals surface area contributed by atoms with Crippen LogP contribution in [0.4, 0.5) is 0 Å². The minimum Gasteiger partial charge on any atom is -0.383 e. The third-order valence-electron chi connectivity index (χ3n) is 4.78. The van der Waals surface area contributed by atoms with Gasteiger partial charge in [0.25, 0.3) is 0 Å². The van der Waals surface area contributed by atoms with Crippen LogP contribution in [0.3, 0.4) is 0 Å². The highest BCUT2D eigenvalue weighted by Gasteiger charge is 2.35. The summed E-state index contributed by atoms with van der Waals surface area (Å²) in [4.78, 5) is 14.7. The molecular weight excluding hydrogens is 254 g/mol. The van der Waals surface area contributed by atoms with Crippen LogP contribution in [0.2, 0.25) is 0 Å². The number of nitrogens with one attached hydrogen (secondary N) is 1. The molecule has 1 saturated carbocycles. The van der Waals surface area contributed by atoms with Crippen molar-refractivity contribution < 1.29 is 9.53 Å². The number of likely N-dealkylation sites (tertiary alicyclic amines) is 1. The lowest BCUT2D eigenvalue weighted by molar-refractivity contribution is -0.127. The molecule has 0 radical (unpaired) electrons. The summed E-state index contributed by atoms with van der Waals surface area (Å²) in [6, 6.07) is 0.446. The molecule has 2 rings (SSSR count). The third-order valence-corrected chi connectivity index (χ3v) is 4.78. The molecule has 20 heavy (non-hydrogen) atoms. The van der Waals surface area contributed by atoms with E-state index in [1.165, 1.54) is 12.8 Å². The second-order valence-electron chi connectivity index (χ2n) is 6.25. The summed E-state index contributed by atoms with van der Waals surface area (Å²) in [6.45, 7) is 3.54. The number of rotatable bonds is 6. The molecule has 5 nitrogen and oxygen atoms in total. The molecule has 2 fully saturated rings. The van der Waals surface area contributed by atoms with Crippen LogP contribution in [-0.2, 0) is 9.53 Å². The van der Waals surface area contributed by atoms with Crippen molar-refractivity contribution in [1.82, 2.24) is 10.2 Å². The standard InChI is InChI=1S/C15H29N3O2/c1-20-11-10-18-9-5-6-13(18)12-17-14(19)15(16)7-3-2-4-8-15/h13H,2-12,16H2,1H3,(H,17,19). The van der Waals surface area contributed by atoms with E-state index >= 15 is 0 Å². The summed E-state index contributed by atoms with van der Waals surface area (Å²) >= 11 is 0. The number of nitrogens with two attached hydrogens (primary N) is 1. The second-order valence-corrected chi connectivity index (χ2v) is 6.25. The molecule has 1 aliphatic heterocycles. The molecule has 0 aromatic rings. The van der Waals surface area contributed by atoms with Crippen molar-refractivity contribution in [3.63, 3.8) is 0 Å². The van der Waals surface area contributed by atoms with Crippen molar-refractivity contribution in [1.29, 1.82) is 0 Å². The van der Waals surface area contributed by atoms with Crippen LogP contribution < -0.4 is 11.1 Å². The number of carbonyl (C=O) groups is 1. The van der Waals surface area contributed by atoms with Crippen LogP contribution in [0.1, 0.15) is 44.9 Å². The van der Waals surface area contributed by atoms with Crippen molar-refractivity contribution in [2.45, 2.75) is 56.5 Å². The van der Waals surface area contributed by atoms with E-state index in [0.29, 0.717) is 6.04 Å². The molecule has 1 unspecified atom stereocenters.